The van der Waals surface area contributed by atoms with Gasteiger partial charge in [-0.25, -0.2) is 0 Å². The fraction of sp³-hybridized carbons (Fsp3) is 0.875. The molecule has 12 heavy (non-hydrogen) atoms. The summed E-state index contributed by atoms with van der Waals surface area (Å²) in [6.45, 7) is 2.09. The van der Waals surface area contributed by atoms with Gasteiger partial charge < -0.3 is 10.4 Å². The lowest BCUT2D eigenvalue weighted by molar-refractivity contribution is 0.289. The molecule has 0 unspecified atom stereocenters. The van der Waals surface area contributed by atoms with Crippen LogP contribution >= 0.6 is 24.0 Å². The number of halogens is 1. The molecule has 2 N–H and O–H groups in total. The van der Waals surface area contributed by atoms with Crippen molar-refractivity contribution < 1.29 is 5.11 Å². The quantitative estimate of drug-likeness (QED) is 0.603. The van der Waals surface area contributed by atoms with Gasteiger partial charge in [-0.1, -0.05) is 0 Å². The number of aliphatic hydroxyl groups is 1. The largest absolute Gasteiger partial charge is 0.396 e. The Kier molecular flexibility index (Phi) is 7.89. The van der Waals surface area contributed by atoms with Crippen molar-refractivity contribution in [2.45, 2.75) is 25.7 Å². The number of amidine groups is 1. The molecule has 0 spiro atoms. The normalized spacial score (nSPS) is 16.2. The summed E-state index contributed by atoms with van der Waals surface area (Å²) in [5.74, 6) is 1.13. The van der Waals surface area contributed by atoms with E-state index < -0.39 is 0 Å². The number of rotatable bonds is 3. The molecule has 0 fully saturated rings. The van der Waals surface area contributed by atoms with Crippen LogP contribution in [0.15, 0.2) is 4.99 Å². The second-order valence-corrected chi connectivity index (χ2v) is 2.79. The van der Waals surface area contributed by atoms with E-state index >= 15 is 0 Å². The Bertz CT molecular complexity index is 139. The predicted molar refractivity (Wildman–Crippen MR) is 61.3 cm³/mol. The number of aliphatic hydroxyl groups excluding tert-OH is 1. The van der Waals surface area contributed by atoms with Crippen molar-refractivity contribution in [3.05, 3.63) is 0 Å². The Hall–Kier alpha value is 0.160. The van der Waals surface area contributed by atoms with E-state index in [0.717, 1.165) is 31.8 Å². The summed E-state index contributed by atoms with van der Waals surface area (Å²) < 4.78 is 0. The third kappa shape index (κ3) is 4.92. The van der Waals surface area contributed by atoms with Gasteiger partial charge in [-0.15, -0.1) is 24.0 Å². The van der Waals surface area contributed by atoms with Crippen LogP contribution in [0.5, 0.6) is 0 Å². The molecule has 3 nitrogen and oxygen atoms in total. The Labute approximate surface area is 90.7 Å². The number of aliphatic imine (C=N–C) groups is 1. The van der Waals surface area contributed by atoms with Crippen LogP contribution in [-0.4, -0.2) is 30.6 Å². The van der Waals surface area contributed by atoms with Crippen LogP contribution in [0.25, 0.3) is 0 Å². The van der Waals surface area contributed by atoms with Crippen molar-refractivity contribution in [2.75, 3.05) is 19.7 Å². The number of nitrogens with one attached hydrogen (secondary N) is 1. The molecular formula is C8H17IN2O. The fourth-order valence-electron chi connectivity index (χ4n) is 1.15. The Morgan fingerprint density at radius 1 is 1.42 bits per heavy atom. The molecule has 1 aliphatic heterocycles. The van der Waals surface area contributed by atoms with Gasteiger partial charge in [0.05, 0.1) is 5.84 Å². The van der Waals surface area contributed by atoms with Gasteiger partial charge in [-0.05, 0) is 19.3 Å². The highest BCUT2D eigenvalue weighted by Gasteiger charge is 2.02. The molecule has 0 bridgehead atoms. The summed E-state index contributed by atoms with van der Waals surface area (Å²) >= 11 is 0. The summed E-state index contributed by atoms with van der Waals surface area (Å²) in [6.07, 6.45) is 4.39. The van der Waals surface area contributed by atoms with E-state index in [-0.39, 0.29) is 30.6 Å². The molecule has 4 heteroatoms. The van der Waals surface area contributed by atoms with E-state index in [4.69, 9.17) is 5.11 Å². The lowest BCUT2D eigenvalue weighted by Crippen LogP contribution is -2.27. The molecule has 1 rings (SSSR count). The van der Waals surface area contributed by atoms with Gasteiger partial charge in [-0.2, -0.15) is 0 Å². The maximum absolute atomic E-state index is 8.52. The Morgan fingerprint density at radius 3 is 2.83 bits per heavy atom. The summed E-state index contributed by atoms with van der Waals surface area (Å²) in [5.41, 5.74) is 0. The van der Waals surface area contributed by atoms with Gasteiger partial charge in [0.1, 0.15) is 0 Å². The fourth-order valence-corrected chi connectivity index (χ4v) is 1.15. The van der Waals surface area contributed by atoms with Crippen LogP contribution in [0.3, 0.4) is 0 Å². The zero-order valence-corrected chi connectivity index (χ0v) is 9.58. The molecule has 1 heterocycles. The predicted octanol–water partition coefficient (Wildman–Crippen LogP) is 1.16. The van der Waals surface area contributed by atoms with Gasteiger partial charge in [0.15, 0.2) is 0 Å². The number of hydrogen-bond donors (Lipinski definition) is 2. The van der Waals surface area contributed by atoms with E-state index in [9.17, 15) is 0 Å². The van der Waals surface area contributed by atoms with Crippen LogP contribution in [0.1, 0.15) is 25.7 Å². The first kappa shape index (κ1) is 12.2. The zero-order valence-electron chi connectivity index (χ0n) is 7.25. The standard InChI is InChI=1S/C8H16N2O.HI/c11-7-3-6-10-8-4-1-2-5-9-8;/h11H,1-7H2,(H,9,10);1H. The first-order chi connectivity index (χ1) is 5.43. The summed E-state index contributed by atoms with van der Waals surface area (Å²) in [5, 5.41) is 11.7. The molecule has 0 amide bonds. The highest BCUT2D eigenvalue weighted by atomic mass is 127. The molecule has 72 valence electrons. The topological polar surface area (TPSA) is 44.6 Å². The van der Waals surface area contributed by atoms with Crippen molar-refractivity contribution in [3.63, 3.8) is 0 Å². The van der Waals surface area contributed by atoms with Crippen LogP contribution in [-0.2, 0) is 0 Å². The number of nitrogens with zero attached hydrogens (tertiary/aromatic N) is 1. The van der Waals surface area contributed by atoms with Crippen LogP contribution in [0.4, 0.5) is 0 Å². The molecule has 0 aliphatic carbocycles. The molecule has 0 aromatic heterocycles. The van der Waals surface area contributed by atoms with Gasteiger partial charge in [0.25, 0.3) is 0 Å². The monoisotopic (exact) mass is 284 g/mol. The Balaban J connectivity index is 0.00000121. The lowest BCUT2D eigenvalue weighted by Gasteiger charge is -2.12. The summed E-state index contributed by atoms with van der Waals surface area (Å²) in [7, 11) is 0. The maximum Gasteiger partial charge on any atom is 0.0963 e. The zero-order chi connectivity index (χ0) is 7.94. The van der Waals surface area contributed by atoms with E-state index in [1.54, 1.807) is 0 Å². The SMILES string of the molecule is I.OCCCNC1=NCCCC1. The molecule has 0 saturated heterocycles. The second-order valence-electron chi connectivity index (χ2n) is 2.79. The highest BCUT2D eigenvalue weighted by Crippen LogP contribution is 2.03. The van der Waals surface area contributed by atoms with Crippen molar-refractivity contribution in [2.24, 2.45) is 4.99 Å². The average molecular weight is 284 g/mol. The van der Waals surface area contributed by atoms with Gasteiger partial charge in [-0.3, -0.25) is 4.99 Å². The van der Waals surface area contributed by atoms with Gasteiger partial charge in [0.2, 0.25) is 0 Å². The van der Waals surface area contributed by atoms with Crippen molar-refractivity contribution in [1.82, 2.24) is 5.32 Å². The lowest BCUT2D eigenvalue weighted by atomic mass is 10.2. The minimum Gasteiger partial charge on any atom is -0.396 e. The molecular weight excluding hydrogens is 267 g/mol. The molecule has 0 aromatic rings. The maximum atomic E-state index is 8.52. The minimum atomic E-state index is 0. The van der Waals surface area contributed by atoms with Crippen molar-refractivity contribution in [3.8, 4) is 0 Å². The third-order valence-electron chi connectivity index (χ3n) is 1.79. The number of hydrogen-bond acceptors (Lipinski definition) is 3. The van der Waals surface area contributed by atoms with E-state index in [2.05, 4.69) is 10.3 Å². The van der Waals surface area contributed by atoms with Gasteiger partial charge >= 0.3 is 0 Å². The van der Waals surface area contributed by atoms with E-state index in [0.29, 0.717) is 0 Å². The summed E-state index contributed by atoms with van der Waals surface area (Å²) in [6, 6.07) is 0. The Morgan fingerprint density at radius 2 is 2.25 bits per heavy atom. The third-order valence-corrected chi connectivity index (χ3v) is 1.79. The first-order valence-electron chi connectivity index (χ1n) is 4.31. The molecule has 1 aliphatic rings. The van der Waals surface area contributed by atoms with Crippen molar-refractivity contribution in [1.29, 1.82) is 0 Å². The average Bonchev–Trinajstić information content (AvgIpc) is 2.07. The van der Waals surface area contributed by atoms with E-state index in [1.807, 2.05) is 0 Å². The summed E-state index contributed by atoms with van der Waals surface area (Å²) in [4.78, 5) is 4.33. The van der Waals surface area contributed by atoms with Crippen LogP contribution < -0.4 is 5.32 Å². The van der Waals surface area contributed by atoms with E-state index in [1.165, 1.54) is 12.8 Å². The molecule has 0 atom stereocenters. The molecule has 0 aromatic carbocycles. The highest BCUT2D eigenvalue weighted by molar-refractivity contribution is 14.0. The minimum absolute atomic E-state index is 0. The molecule has 0 saturated carbocycles. The van der Waals surface area contributed by atoms with Gasteiger partial charge in [0, 0.05) is 26.1 Å². The van der Waals surface area contributed by atoms with Crippen LogP contribution in [0, 0.1) is 0 Å². The molecule has 0 radical (unpaired) electrons. The second kappa shape index (κ2) is 7.79. The van der Waals surface area contributed by atoms with Crippen molar-refractivity contribution >= 4 is 29.8 Å². The first-order valence-corrected chi connectivity index (χ1v) is 4.31. The van der Waals surface area contributed by atoms with Crippen LogP contribution in [0.2, 0.25) is 0 Å². The smallest absolute Gasteiger partial charge is 0.0963 e.